The molecule has 1 aliphatic heterocycles. The van der Waals surface area contributed by atoms with Gasteiger partial charge in [-0.2, -0.15) is 0 Å². The fraction of sp³-hybridized carbons (Fsp3) is 0.611. The Morgan fingerprint density at radius 1 is 1.33 bits per heavy atom. The van der Waals surface area contributed by atoms with Gasteiger partial charge in [0.1, 0.15) is 5.78 Å². The number of benzene rings is 1. The molecule has 0 radical (unpaired) electrons. The average Bonchev–Trinajstić information content (AvgIpc) is 3.29. The molecule has 0 spiro atoms. The zero-order chi connectivity index (χ0) is 14.8. The molecule has 1 aromatic rings. The minimum Gasteiger partial charge on any atom is -0.312 e. The molecule has 2 aliphatic rings. The average molecular weight is 286 g/mol. The molecular formula is C18H26N2O. The Morgan fingerprint density at radius 2 is 2.05 bits per heavy atom. The molecule has 2 fully saturated rings. The van der Waals surface area contributed by atoms with E-state index >= 15 is 0 Å². The summed E-state index contributed by atoms with van der Waals surface area (Å²) in [5, 5.41) is 3.44. The number of Topliss-reactive ketones (excluding diaryl/α,β-unsaturated/α-hetero) is 1. The first-order valence-electron chi connectivity index (χ1n) is 8.20. The fourth-order valence-electron chi connectivity index (χ4n) is 3.34. The standard InChI is InChI=1S/C18H26N2O/c1-13-12-20(10-9-19-13)18(14(2)21)11-15-3-5-16(6-4-15)17-7-8-17/h3-6,13,17-19H,7-12H2,1-2H3/t13-,18-/m0/s1. The molecular weight excluding hydrogens is 260 g/mol. The number of ketones is 1. The number of hydrogen-bond acceptors (Lipinski definition) is 3. The van der Waals surface area contributed by atoms with Crippen LogP contribution in [0.2, 0.25) is 0 Å². The monoisotopic (exact) mass is 286 g/mol. The van der Waals surface area contributed by atoms with Gasteiger partial charge in [-0.25, -0.2) is 0 Å². The zero-order valence-corrected chi connectivity index (χ0v) is 13.1. The van der Waals surface area contributed by atoms with E-state index in [0.717, 1.165) is 32.0 Å². The number of carbonyl (C=O) groups is 1. The first kappa shape index (κ1) is 14.7. The number of nitrogens with one attached hydrogen (secondary N) is 1. The summed E-state index contributed by atoms with van der Waals surface area (Å²) in [5.74, 6) is 1.09. The smallest absolute Gasteiger partial charge is 0.147 e. The van der Waals surface area contributed by atoms with Crippen LogP contribution in [0.1, 0.15) is 43.7 Å². The molecule has 3 rings (SSSR count). The van der Waals surface area contributed by atoms with Crippen LogP contribution in [0.25, 0.3) is 0 Å². The van der Waals surface area contributed by atoms with Crippen molar-refractivity contribution in [2.24, 2.45) is 0 Å². The van der Waals surface area contributed by atoms with Crippen molar-refractivity contribution >= 4 is 5.78 Å². The van der Waals surface area contributed by atoms with Crippen molar-refractivity contribution in [2.45, 2.75) is 51.1 Å². The van der Waals surface area contributed by atoms with Crippen LogP contribution in [0, 0.1) is 0 Å². The summed E-state index contributed by atoms with van der Waals surface area (Å²) in [6, 6.07) is 9.44. The van der Waals surface area contributed by atoms with E-state index in [0.29, 0.717) is 6.04 Å². The summed E-state index contributed by atoms with van der Waals surface area (Å²) in [5.41, 5.74) is 2.75. The Kier molecular flexibility index (Phi) is 4.41. The van der Waals surface area contributed by atoms with E-state index < -0.39 is 0 Å². The topological polar surface area (TPSA) is 32.3 Å². The van der Waals surface area contributed by atoms with Crippen LogP contribution < -0.4 is 5.32 Å². The molecule has 2 atom stereocenters. The van der Waals surface area contributed by atoms with E-state index in [2.05, 4.69) is 41.4 Å². The SMILES string of the molecule is CC(=O)[C@H](Cc1ccc(C2CC2)cc1)N1CCN[C@@H](C)C1. The number of nitrogens with zero attached hydrogens (tertiary/aromatic N) is 1. The molecule has 1 heterocycles. The summed E-state index contributed by atoms with van der Waals surface area (Å²) in [6.45, 7) is 6.83. The van der Waals surface area contributed by atoms with Crippen LogP contribution in [-0.4, -0.2) is 42.4 Å². The maximum Gasteiger partial charge on any atom is 0.147 e. The van der Waals surface area contributed by atoms with Crippen LogP contribution in [0.5, 0.6) is 0 Å². The number of rotatable bonds is 5. The Morgan fingerprint density at radius 3 is 2.62 bits per heavy atom. The van der Waals surface area contributed by atoms with Crippen molar-refractivity contribution in [3.63, 3.8) is 0 Å². The van der Waals surface area contributed by atoms with Gasteiger partial charge in [-0.15, -0.1) is 0 Å². The van der Waals surface area contributed by atoms with Crippen LogP contribution in [0.15, 0.2) is 24.3 Å². The molecule has 114 valence electrons. The third-order valence-electron chi connectivity index (χ3n) is 4.77. The van der Waals surface area contributed by atoms with Crippen molar-refractivity contribution in [3.8, 4) is 0 Å². The quantitative estimate of drug-likeness (QED) is 0.902. The van der Waals surface area contributed by atoms with Crippen LogP contribution in [-0.2, 0) is 11.2 Å². The lowest BCUT2D eigenvalue weighted by Crippen LogP contribution is -2.55. The number of carbonyl (C=O) groups excluding carboxylic acids is 1. The van der Waals surface area contributed by atoms with Gasteiger partial charge in [0.2, 0.25) is 0 Å². The van der Waals surface area contributed by atoms with Gasteiger partial charge >= 0.3 is 0 Å². The minimum absolute atomic E-state index is 0.0290. The highest BCUT2D eigenvalue weighted by atomic mass is 16.1. The van der Waals surface area contributed by atoms with E-state index in [4.69, 9.17) is 0 Å². The van der Waals surface area contributed by atoms with Crippen molar-refractivity contribution in [3.05, 3.63) is 35.4 Å². The molecule has 1 saturated carbocycles. The fourth-order valence-corrected chi connectivity index (χ4v) is 3.34. The predicted octanol–water partition coefficient (Wildman–Crippen LogP) is 2.36. The Labute approximate surface area is 127 Å². The number of hydrogen-bond donors (Lipinski definition) is 1. The molecule has 1 aliphatic carbocycles. The van der Waals surface area contributed by atoms with E-state index in [1.54, 1.807) is 6.92 Å². The van der Waals surface area contributed by atoms with Crippen LogP contribution in [0.4, 0.5) is 0 Å². The van der Waals surface area contributed by atoms with Gasteiger partial charge in [-0.3, -0.25) is 9.69 Å². The minimum atomic E-state index is 0.0290. The zero-order valence-electron chi connectivity index (χ0n) is 13.1. The van der Waals surface area contributed by atoms with E-state index in [9.17, 15) is 4.79 Å². The summed E-state index contributed by atoms with van der Waals surface area (Å²) in [6.07, 6.45) is 3.52. The highest BCUT2D eigenvalue weighted by Crippen LogP contribution is 2.39. The Hall–Kier alpha value is -1.19. The molecule has 0 bridgehead atoms. The third-order valence-corrected chi connectivity index (χ3v) is 4.77. The molecule has 21 heavy (non-hydrogen) atoms. The largest absolute Gasteiger partial charge is 0.312 e. The van der Waals surface area contributed by atoms with Crippen molar-refractivity contribution in [2.75, 3.05) is 19.6 Å². The highest BCUT2D eigenvalue weighted by molar-refractivity contribution is 5.81. The van der Waals surface area contributed by atoms with E-state index in [1.807, 2.05) is 0 Å². The first-order valence-corrected chi connectivity index (χ1v) is 8.20. The third kappa shape index (κ3) is 3.72. The Balaban J connectivity index is 1.67. The van der Waals surface area contributed by atoms with Gasteiger partial charge in [-0.1, -0.05) is 24.3 Å². The summed E-state index contributed by atoms with van der Waals surface area (Å²) in [4.78, 5) is 14.4. The van der Waals surface area contributed by atoms with Crippen LogP contribution >= 0.6 is 0 Å². The molecule has 1 saturated heterocycles. The highest BCUT2D eigenvalue weighted by Gasteiger charge is 2.27. The Bertz CT molecular complexity index is 492. The second-order valence-electron chi connectivity index (χ2n) is 6.70. The van der Waals surface area contributed by atoms with Gasteiger partial charge in [0.15, 0.2) is 0 Å². The molecule has 1 aromatic carbocycles. The lowest BCUT2D eigenvalue weighted by molar-refractivity contribution is -0.122. The van der Waals surface area contributed by atoms with Crippen molar-refractivity contribution in [1.29, 1.82) is 0 Å². The second-order valence-corrected chi connectivity index (χ2v) is 6.70. The molecule has 0 aromatic heterocycles. The van der Waals surface area contributed by atoms with Crippen molar-refractivity contribution in [1.82, 2.24) is 10.2 Å². The van der Waals surface area contributed by atoms with Gasteiger partial charge in [0.05, 0.1) is 6.04 Å². The molecule has 0 amide bonds. The predicted molar refractivity (Wildman–Crippen MR) is 85.6 cm³/mol. The van der Waals surface area contributed by atoms with Crippen molar-refractivity contribution < 1.29 is 4.79 Å². The first-order chi connectivity index (χ1) is 10.1. The normalized spacial score (nSPS) is 24.8. The van der Waals surface area contributed by atoms with Crippen LogP contribution in [0.3, 0.4) is 0 Å². The maximum absolute atomic E-state index is 12.1. The van der Waals surface area contributed by atoms with Gasteiger partial charge < -0.3 is 5.32 Å². The van der Waals surface area contributed by atoms with Gasteiger partial charge in [-0.05, 0) is 50.2 Å². The molecule has 0 unspecified atom stereocenters. The van der Waals surface area contributed by atoms with Gasteiger partial charge in [0, 0.05) is 25.7 Å². The lowest BCUT2D eigenvalue weighted by Gasteiger charge is -2.36. The van der Waals surface area contributed by atoms with E-state index in [-0.39, 0.29) is 11.8 Å². The summed E-state index contributed by atoms with van der Waals surface area (Å²) < 4.78 is 0. The maximum atomic E-state index is 12.1. The lowest BCUT2D eigenvalue weighted by atomic mass is 9.98. The molecule has 3 nitrogen and oxygen atoms in total. The second kappa shape index (κ2) is 6.29. The summed E-state index contributed by atoms with van der Waals surface area (Å²) in [7, 11) is 0. The summed E-state index contributed by atoms with van der Waals surface area (Å²) >= 11 is 0. The van der Waals surface area contributed by atoms with Gasteiger partial charge in [0.25, 0.3) is 0 Å². The number of piperazine rings is 1. The molecule has 3 heteroatoms. The molecule has 1 N–H and O–H groups in total. The van der Waals surface area contributed by atoms with E-state index in [1.165, 1.54) is 24.0 Å².